The van der Waals surface area contributed by atoms with Gasteiger partial charge in [-0.25, -0.2) is 0 Å². The summed E-state index contributed by atoms with van der Waals surface area (Å²) in [5.74, 6) is 1.92. The Morgan fingerprint density at radius 3 is 2.32 bits per heavy atom. The molecule has 0 amide bonds. The van der Waals surface area contributed by atoms with Gasteiger partial charge in [0.15, 0.2) is 0 Å². The van der Waals surface area contributed by atoms with Gasteiger partial charge in [0.25, 0.3) is 0 Å². The van der Waals surface area contributed by atoms with Crippen molar-refractivity contribution < 1.29 is 9.47 Å². The van der Waals surface area contributed by atoms with E-state index >= 15 is 0 Å². The summed E-state index contributed by atoms with van der Waals surface area (Å²) in [6, 6.07) is 10.5. The van der Waals surface area contributed by atoms with Crippen molar-refractivity contribution in [2.24, 2.45) is 0 Å². The number of rotatable bonds is 6. The number of hydrogen-bond donors (Lipinski definition) is 0. The number of fused-ring (bicyclic) bond motifs is 1. The predicted molar refractivity (Wildman–Crippen MR) is 80.3 cm³/mol. The second kappa shape index (κ2) is 6.46. The van der Waals surface area contributed by atoms with Crippen molar-refractivity contribution in [2.45, 2.75) is 33.6 Å². The van der Waals surface area contributed by atoms with Crippen LogP contribution in [0.4, 0.5) is 0 Å². The highest BCUT2D eigenvalue weighted by Crippen LogP contribution is 2.28. The van der Waals surface area contributed by atoms with Gasteiger partial charge in [-0.1, -0.05) is 19.9 Å². The van der Waals surface area contributed by atoms with Crippen LogP contribution in [0, 0.1) is 6.92 Å². The van der Waals surface area contributed by atoms with Gasteiger partial charge in [0.05, 0.1) is 13.2 Å². The summed E-state index contributed by atoms with van der Waals surface area (Å²) in [7, 11) is 0. The van der Waals surface area contributed by atoms with Crippen LogP contribution in [-0.2, 0) is 0 Å². The van der Waals surface area contributed by atoms with E-state index in [1.165, 1.54) is 16.3 Å². The monoisotopic (exact) mass is 258 g/mol. The van der Waals surface area contributed by atoms with Crippen LogP contribution in [0.5, 0.6) is 11.5 Å². The minimum Gasteiger partial charge on any atom is -0.494 e. The third-order valence-electron chi connectivity index (χ3n) is 3.04. The summed E-state index contributed by atoms with van der Waals surface area (Å²) in [6.45, 7) is 7.85. The van der Waals surface area contributed by atoms with Gasteiger partial charge in [-0.05, 0) is 60.4 Å². The zero-order chi connectivity index (χ0) is 13.7. The largest absolute Gasteiger partial charge is 0.494 e. The van der Waals surface area contributed by atoms with Gasteiger partial charge >= 0.3 is 0 Å². The Hall–Kier alpha value is -1.70. The van der Waals surface area contributed by atoms with Crippen molar-refractivity contribution in [3.8, 4) is 11.5 Å². The predicted octanol–water partition coefficient (Wildman–Crippen LogP) is 4.73. The topological polar surface area (TPSA) is 18.5 Å². The molecule has 2 aromatic rings. The average Bonchev–Trinajstić information content (AvgIpc) is 2.42. The Labute approximate surface area is 115 Å². The number of ether oxygens (including phenoxy) is 2. The fourth-order valence-corrected chi connectivity index (χ4v) is 2.05. The van der Waals surface area contributed by atoms with Crippen LogP contribution < -0.4 is 9.47 Å². The van der Waals surface area contributed by atoms with Gasteiger partial charge in [0, 0.05) is 0 Å². The third kappa shape index (κ3) is 3.40. The first-order chi connectivity index (χ1) is 9.24. The van der Waals surface area contributed by atoms with E-state index in [2.05, 4.69) is 45.0 Å². The first-order valence-electron chi connectivity index (χ1n) is 7.04. The lowest BCUT2D eigenvalue weighted by molar-refractivity contribution is 0.315. The molecule has 0 aliphatic carbocycles. The summed E-state index contributed by atoms with van der Waals surface area (Å²) in [5, 5.41) is 2.40. The second-order valence-corrected chi connectivity index (χ2v) is 4.82. The Balaban J connectivity index is 2.29. The van der Waals surface area contributed by atoms with E-state index in [1.807, 2.05) is 6.07 Å². The summed E-state index contributed by atoms with van der Waals surface area (Å²) >= 11 is 0. The first kappa shape index (κ1) is 13.7. The van der Waals surface area contributed by atoms with Gasteiger partial charge in [0.1, 0.15) is 11.5 Å². The minimum absolute atomic E-state index is 0.766. The molecular weight excluding hydrogens is 236 g/mol. The van der Waals surface area contributed by atoms with Crippen molar-refractivity contribution >= 4 is 10.8 Å². The summed E-state index contributed by atoms with van der Waals surface area (Å²) in [5.41, 5.74) is 1.17. The Kier molecular flexibility index (Phi) is 4.67. The van der Waals surface area contributed by atoms with E-state index in [0.29, 0.717) is 0 Å². The summed E-state index contributed by atoms with van der Waals surface area (Å²) in [4.78, 5) is 0. The maximum atomic E-state index is 5.76. The summed E-state index contributed by atoms with van der Waals surface area (Å²) < 4.78 is 11.4. The maximum absolute atomic E-state index is 5.76. The van der Waals surface area contributed by atoms with Crippen LogP contribution in [0.2, 0.25) is 0 Å². The molecule has 0 N–H and O–H groups in total. The van der Waals surface area contributed by atoms with Crippen LogP contribution in [-0.4, -0.2) is 13.2 Å². The van der Waals surface area contributed by atoms with Crippen LogP contribution in [0.1, 0.15) is 32.3 Å². The SMILES string of the molecule is CCCOc1ccc2cc(OCCC)c(C)cc2c1. The molecule has 0 unspecified atom stereocenters. The molecule has 0 heterocycles. The molecule has 2 aromatic carbocycles. The Morgan fingerprint density at radius 2 is 1.58 bits per heavy atom. The van der Waals surface area contributed by atoms with Crippen LogP contribution in [0.25, 0.3) is 10.8 Å². The van der Waals surface area contributed by atoms with Crippen molar-refractivity contribution in [2.75, 3.05) is 13.2 Å². The third-order valence-corrected chi connectivity index (χ3v) is 3.04. The van der Waals surface area contributed by atoms with Crippen molar-refractivity contribution in [3.63, 3.8) is 0 Å². The molecule has 0 aromatic heterocycles. The van der Waals surface area contributed by atoms with E-state index in [0.717, 1.165) is 37.6 Å². The lowest BCUT2D eigenvalue weighted by atomic mass is 10.1. The van der Waals surface area contributed by atoms with Crippen molar-refractivity contribution in [1.29, 1.82) is 0 Å². The number of benzene rings is 2. The first-order valence-corrected chi connectivity index (χ1v) is 7.04. The van der Waals surface area contributed by atoms with Gasteiger partial charge in [0.2, 0.25) is 0 Å². The van der Waals surface area contributed by atoms with E-state index < -0.39 is 0 Å². The molecule has 0 atom stereocenters. The average molecular weight is 258 g/mol. The van der Waals surface area contributed by atoms with Gasteiger partial charge < -0.3 is 9.47 Å². The van der Waals surface area contributed by atoms with E-state index in [4.69, 9.17) is 9.47 Å². The molecule has 2 nitrogen and oxygen atoms in total. The fourth-order valence-electron chi connectivity index (χ4n) is 2.05. The van der Waals surface area contributed by atoms with Gasteiger partial charge in [-0.15, -0.1) is 0 Å². The molecule has 0 saturated heterocycles. The quantitative estimate of drug-likeness (QED) is 0.746. The summed E-state index contributed by atoms with van der Waals surface area (Å²) in [6.07, 6.45) is 2.06. The molecule has 0 aliphatic rings. The van der Waals surface area contributed by atoms with Crippen molar-refractivity contribution in [3.05, 3.63) is 35.9 Å². The number of aryl methyl sites for hydroxylation is 1. The minimum atomic E-state index is 0.766. The molecule has 0 radical (unpaired) electrons. The standard InChI is InChI=1S/C17H22O2/c1-4-8-18-16-7-6-14-12-17(19-9-5-2)13(3)10-15(14)11-16/h6-7,10-12H,4-5,8-9H2,1-3H3. The zero-order valence-electron chi connectivity index (χ0n) is 12.0. The molecule has 19 heavy (non-hydrogen) atoms. The molecular formula is C17H22O2. The molecule has 2 rings (SSSR count). The highest BCUT2D eigenvalue weighted by atomic mass is 16.5. The zero-order valence-corrected chi connectivity index (χ0v) is 12.0. The van der Waals surface area contributed by atoms with Crippen LogP contribution in [0.3, 0.4) is 0 Å². The lowest BCUT2D eigenvalue weighted by Gasteiger charge is -2.11. The highest BCUT2D eigenvalue weighted by Gasteiger charge is 2.04. The maximum Gasteiger partial charge on any atom is 0.122 e. The molecule has 0 aliphatic heterocycles. The van der Waals surface area contributed by atoms with Crippen LogP contribution >= 0.6 is 0 Å². The second-order valence-electron chi connectivity index (χ2n) is 4.82. The Bertz CT molecular complexity index is 546. The molecule has 2 heteroatoms. The number of hydrogen-bond acceptors (Lipinski definition) is 2. The molecule has 0 fully saturated rings. The molecule has 102 valence electrons. The van der Waals surface area contributed by atoms with E-state index in [1.54, 1.807) is 0 Å². The van der Waals surface area contributed by atoms with Gasteiger partial charge in [-0.3, -0.25) is 0 Å². The smallest absolute Gasteiger partial charge is 0.122 e. The van der Waals surface area contributed by atoms with E-state index in [9.17, 15) is 0 Å². The molecule has 0 spiro atoms. The Morgan fingerprint density at radius 1 is 0.842 bits per heavy atom. The normalized spacial score (nSPS) is 10.7. The van der Waals surface area contributed by atoms with Crippen LogP contribution in [0.15, 0.2) is 30.3 Å². The fraction of sp³-hybridized carbons (Fsp3) is 0.412. The molecule has 0 bridgehead atoms. The lowest BCUT2D eigenvalue weighted by Crippen LogP contribution is -1.97. The van der Waals surface area contributed by atoms with Crippen molar-refractivity contribution in [1.82, 2.24) is 0 Å². The van der Waals surface area contributed by atoms with E-state index in [-0.39, 0.29) is 0 Å². The molecule has 0 saturated carbocycles. The highest BCUT2D eigenvalue weighted by molar-refractivity contribution is 5.86. The van der Waals surface area contributed by atoms with Gasteiger partial charge in [-0.2, -0.15) is 0 Å².